The molecule has 0 bridgehead atoms. The fraction of sp³-hybridized carbons (Fsp3) is 0.143. The monoisotopic (exact) mass is 315 g/mol. The Hall–Kier alpha value is -2.51. The first kappa shape index (κ1) is 15.9. The summed E-state index contributed by atoms with van der Waals surface area (Å²) in [5.41, 5.74) is -0.280. The first-order valence-electron chi connectivity index (χ1n) is 6.03. The van der Waals surface area contributed by atoms with E-state index in [1.165, 1.54) is 12.1 Å². The van der Waals surface area contributed by atoms with Crippen molar-refractivity contribution in [1.82, 2.24) is 0 Å². The Morgan fingerprint density at radius 1 is 0.682 bits per heavy atom. The van der Waals surface area contributed by atoms with Crippen LogP contribution in [-0.2, 0) is 0 Å². The van der Waals surface area contributed by atoms with Crippen LogP contribution >= 0.6 is 0 Å². The number of hydrogen-bond acceptors (Lipinski definition) is 3. The molecule has 0 aliphatic rings. The molecule has 0 radical (unpaired) electrons. The van der Waals surface area contributed by atoms with Crippen molar-refractivity contribution in [2.24, 2.45) is 10.2 Å². The Labute approximate surface area is 122 Å². The number of rotatable bonds is 3. The molecular formula is C14H10F5N3. The fourth-order valence-corrected chi connectivity index (χ4v) is 1.61. The van der Waals surface area contributed by atoms with Crippen LogP contribution in [0.3, 0.4) is 0 Å². The van der Waals surface area contributed by atoms with Crippen LogP contribution in [0.15, 0.2) is 34.5 Å². The molecule has 2 aromatic carbocycles. The first-order valence-corrected chi connectivity index (χ1v) is 6.03. The van der Waals surface area contributed by atoms with Gasteiger partial charge < -0.3 is 4.90 Å². The molecule has 0 heterocycles. The highest BCUT2D eigenvalue weighted by atomic mass is 19.2. The molecule has 0 spiro atoms. The van der Waals surface area contributed by atoms with Crippen molar-refractivity contribution in [3.63, 3.8) is 0 Å². The van der Waals surface area contributed by atoms with Crippen LogP contribution in [-0.4, -0.2) is 14.1 Å². The van der Waals surface area contributed by atoms with E-state index in [1.807, 2.05) is 19.0 Å². The SMILES string of the molecule is CN(C)c1ccc(N=Nc2c(F)c(F)c(F)c(F)c2F)cc1. The molecule has 0 saturated carbocycles. The highest BCUT2D eigenvalue weighted by molar-refractivity contribution is 5.52. The third-order valence-electron chi connectivity index (χ3n) is 2.82. The van der Waals surface area contributed by atoms with Crippen LogP contribution in [0.1, 0.15) is 0 Å². The molecule has 0 aliphatic carbocycles. The second-order valence-electron chi connectivity index (χ2n) is 4.53. The summed E-state index contributed by atoms with van der Waals surface area (Å²) in [6, 6.07) is 6.30. The molecule has 2 rings (SSSR count). The largest absolute Gasteiger partial charge is 0.378 e. The maximum atomic E-state index is 13.4. The summed E-state index contributed by atoms with van der Waals surface area (Å²) >= 11 is 0. The van der Waals surface area contributed by atoms with Gasteiger partial charge in [-0.3, -0.25) is 0 Å². The summed E-state index contributed by atoms with van der Waals surface area (Å²) in [5, 5.41) is 6.61. The molecule has 0 atom stereocenters. The Bertz CT molecular complexity index is 697. The zero-order chi connectivity index (χ0) is 16.4. The molecule has 0 aliphatic heterocycles. The minimum atomic E-state index is -2.23. The second-order valence-corrected chi connectivity index (χ2v) is 4.53. The number of nitrogens with zero attached hydrogens (tertiary/aromatic N) is 3. The van der Waals surface area contributed by atoms with Gasteiger partial charge in [0.1, 0.15) is 0 Å². The van der Waals surface area contributed by atoms with Gasteiger partial charge in [-0.25, -0.2) is 22.0 Å². The van der Waals surface area contributed by atoms with E-state index in [1.54, 1.807) is 12.1 Å². The van der Waals surface area contributed by atoms with E-state index in [4.69, 9.17) is 0 Å². The van der Waals surface area contributed by atoms with Gasteiger partial charge in [-0.05, 0) is 24.3 Å². The molecule has 22 heavy (non-hydrogen) atoms. The van der Waals surface area contributed by atoms with Gasteiger partial charge in [0, 0.05) is 19.8 Å². The topological polar surface area (TPSA) is 28.0 Å². The summed E-state index contributed by atoms with van der Waals surface area (Å²) in [6.07, 6.45) is 0. The van der Waals surface area contributed by atoms with E-state index in [0.29, 0.717) is 0 Å². The Kier molecular flexibility index (Phi) is 4.39. The van der Waals surface area contributed by atoms with E-state index >= 15 is 0 Å². The summed E-state index contributed by atoms with van der Waals surface area (Å²) in [5.74, 6) is -10.4. The average molecular weight is 315 g/mol. The lowest BCUT2D eigenvalue weighted by molar-refractivity contribution is 0.380. The third kappa shape index (κ3) is 2.90. The predicted octanol–water partition coefficient (Wildman–Crippen LogP) is 4.86. The van der Waals surface area contributed by atoms with Gasteiger partial charge in [-0.2, -0.15) is 5.11 Å². The van der Waals surface area contributed by atoms with Crippen LogP contribution in [0.2, 0.25) is 0 Å². The van der Waals surface area contributed by atoms with Crippen LogP contribution in [0.25, 0.3) is 0 Å². The molecule has 0 saturated heterocycles. The zero-order valence-corrected chi connectivity index (χ0v) is 11.5. The van der Waals surface area contributed by atoms with Gasteiger partial charge in [0.15, 0.2) is 29.0 Å². The fourth-order valence-electron chi connectivity index (χ4n) is 1.61. The normalized spacial score (nSPS) is 11.2. The molecule has 2 aromatic rings. The standard InChI is InChI=1S/C14H10F5N3/c1-22(2)8-5-3-7(4-6-8)20-21-14-12(18)10(16)9(15)11(17)13(14)19/h3-6H,1-2H3. The minimum absolute atomic E-state index is 0.203. The average Bonchev–Trinajstić information content (AvgIpc) is 2.51. The van der Waals surface area contributed by atoms with Gasteiger partial charge in [0.2, 0.25) is 5.82 Å². The smallest absolute Gasteiger partial charge is 0.200 e. The van der Waals surface area contributed by atoms with Crippen LogP contribution in [0, 0.1) is 29.1 Å². The molecular weight excluding hydrogens is 305 g/mol. The maximum Gasteiger partial charge on any atom is 0.200 e. The Morgan fingerprint density at radius 3 is 1.59 bits per heavy atom. The van der Waals surface area contributed by atoms with Gasteiger partial charge in [0.25, 0.3) is 0 Å². The van der Waals surface area contributed by atoms with Crippen molar-refractivity contribution < 1.29 is 22.0 Å². The van der Waals surface area contributed by atoms with Crippen molar-refractivity contribution in [3.8, 4) is 0 Å². The molecule has 0 aromatic heterocycles. The first-order chi connectivity index (χ1) is 10.3. The number of benzene rings is 2. The van der Waals surface area contributed by atoms with Crippen LogP contribution < -0.4 is 4.90 Å². The van der Waals surface area contributed by atoms with Gasteiger partial charge >= 0.3 is 0 Å². The summed E-state index contributed by atoms with van der Waals surface area (Å²) in [4.78, 5) is 1.81. The lowest BCUT2D eigenvalue weighted by Gasteiger charge is -2.11. The Balaban J connectivity index is 2.38. The third-order valence-corrected chi connectivity index (χ3v) is 2.82. The number of hydrogen-bond donors (Lipinski definition) is 0. The van der Waals surface area contributed by atoms with Gasteiger partial charge in [-0.15, -0.1) is 5.11 Å². The molecule has 0 unspecified atom stereocenters. The lowest BCUT2D eigenvalue weighted by atomic mass is 10.2. The van der Waals surface area contributed by atoms with Gasteiger partial charge in [0.05, 0.1) is 5.69 Å². The van der Waals surface area contributed by atoms with Crippen LogP contribution in [0.5, 0.6) is 0 Å². The quantitative estimate of drug-likeness (QED) is 0.344. The Morgan fingerprint density at radius 2 is 1.14 bits per heavy atom. The van der Waals surface area contributed by atoms with Crippen molar-refractivity contribution >= 4 is 17.1 Å². The highest BCUT2D eigenvalue weighted by Gasteiger charge is 2.25. The van der Waals surface area contributed by atoms with Crippen molar-refractivity contribution in [1.29, 1.82) is 0 Å². The molecule has 3 nitrogen and oxygen atoms in total. The van der Waals surface area contributed by atoms with E-state index in [-0.39, 0.29) is 5.69 Å². The van der Waals surface area contributed by atoms with Crippen molar-refractivity contribution in [2.45, 2.75) is 0 Å². The highest BCUT2D eigenvalue weighted by Crippen LogP contribution is 2.31. The van der Waals surface area contributed by atoms with E-state index in [0.717, 1.165) is 5.69 Å². The maximum absolute atomic E-state index is 13.4. The summed E-state index contributed by atoms with van der Waals surface area (Å²) < 4.78 is 65.7. The molecule has 8 heteroatoms. The predicted molar refractivity (Wildman–Crippen MR) is 71.2 cm³/mol. The van der Waals surface area contributed by atoms with E-state index in [2.05, 4.69) is 10.2 Å². The number of azo groups is 1. The minimum Gasteiger partial charge on any atom is -0.378 e. The van der Waals surface area contributed by atoms with Crippen molar-refractivity contribution in [2.75, 3.05) is 19.0 Å². The number of anilines is 1. The zero-order valence-electron chi connectivity index (χ0n) is 11.5. The second kappa shape index (κ2) is 6.08. The summed E-state index contributed by atoms with van der Waals surface area (Å²) in [7, 11) is 3.62. The lowest BCUT2D eigenvalue weighted by Crippen LogP contribution is -2.07. The molecule has 0 N–H and O–H groups in total. The van der Waals surface area contributed by atoms with Crippen LogP contribution in [0.4, 0.5) is 39.0 Å². The summed E-state index contributed by atoms with van der Waals surface area (Å²) in [6.45, 7) is 0. The molecule has 0 fully saturated rings. The van der Waals surface area contributed by atoms with E-state index < -0.39 is 34.8 Å². The van der Waals surface area contributed by atoms with E-state index in [9.17, 15) is 22.0 Å². The molecule has 116 valence electrons. The number of halogens is 5. The van der Waals surface area contributed by atoms with Crippen molar-refractivity contribution in [3.05, 3.63) is 53.4 Å². The van der Waals surface area contributed by atoms with Gasteiger partial charge in [-0.1, -0.05) is 0 Å². The molecule has 0 amide bonds.